The molecule has 1 amide bonds. The van der Waals surface area contributed by atoms with Crippen molar-refractivity contribution in [2.24, 2.45) is 0 Å². The number of piperidine rings is 1. The highest BCUT2D eigenvalue weighted by Crippen LogP contribution is 2.10. The van der Waals surface area contributed by atoms with E-state index in [-0.39, 0.29) is 5.91 Å². The van der Waals surface area contributed by atoms with Crippen molar-refractivity contribution in [3.8, 4) is 0 Å². The quantitative estimate of drug-likeness (QED) is 0.834. The Morgan fingerprint density at radius 1 is 1.17 bits per heavy atom. The van der Waals surface area contributed by atoms with Crippen LogP contribution in [-0.4, -0.2) is 49.1 Å². The number of carbonyl (C=O) groups excluding carboxylic acids is 1. The fourth-order valence-electron chi connectivity index (χ4n) is 2.81. The van der Waals surface area contributed by atoms with E-state index in [1.807, 2.05) is 13.8 Å². The highest BCUT2D eigenvalue weighted by Gasteiger charge is 2.19. The van der Waals surface area contributed by atoms with Crippen LogP contribution >= 0.6 is 0 Å². The minimum absolute atomic E-state index is 0.00787. The van der Waals surface area contributed by atoms with Crippen molar-refractivity contribution in [1.29, 1.82) is 0 Å². The molecule has 23 heavy (non-hydrogen) atoms. The number of hydrogen-bond donors (Lipinski definition) is 2. The van der Waals surface area contributed by atoms with Gasteiger partial charge >= 0.3 is 0 Å². The Morgan fingerprint density at radius 2 is 1.78 bits per heavy atom. The van der Waals surface area contributed by atoms with E-state index in [1.54, 1.807) is 17.0 Å². The summed E-state index contributed by atoms with van der Waals surface area (Å²) in [6, 6.07) is 4.96. The molecule has 2 unspecified atom stereocenters. The second-order valence-corrected chi connectivity index (χ2v) is 5.92. The molecule has 0 saturated carbocycles. The number of piperazine rings is 1. The summed E-state index contributed by atoms with van der Waals surface area (Å²) in [4.78, 5) is 13.5. The Labute approximate surface area is 140 Å². The molecule has 2 saturated heterocycles. The van der Waals surface area contributed by atoms with Crippen LogP contribution in [0.2, 0.25) is 0 Å². The van der Waals surface area contributed by atoms with Crippen molar-refractivity contribution in [3.05, 3.63) is 24.2 Å². The summed E-state index contributed by atoms with van der Waals surface area (Å²) < 4.78 is 5.04. The summed E-state index contributed by atoms with van der Waals surface area (Å²) in [7, 11) is 0. The van der Waals surface area contributed by atoms with Gasteiger partial charge in [-0.2, -0.15) is 0 Å². The SMILES string of the molecule is CC.CC1CCCC(C)N1.O=C(c1ccco1)N1CCNCC1. The molecule has 2 aliphatic heterocycles. The molecule has 3 heterocycles. The first-order valence-electron chi connectivity index (χ1n) is 8.96. The smallest absolute Gasteiger partial charge is 0.289 e. The van der Waals surface area contributed by atoms with Gasteiger partial charge in [0.05, 0.1) is 6.26 Å². The van der Waals surface area contributed by atoms with Crippen LogP contribution in [0.25, 0.3) is 0 Å². The van der Waals surface area contributed by atoms with E-state index >= 15 is 0 Å². The number of carbonyl (C=O) groups is 1. The second kappa shape index (κ2) is 11.2. The maximum Gasteiger partial charge on any atom is 0.289 e. The van der Waals surface area contributed by atoms with Crippen LogP contribution < -0.4 is 10.6 Å². The second-order valence-electron chi connectivity index (χ2n) is 5.92. The maximum absolute atomic E-state index is 11.7. The van der Waals surface area contributed by atoms with Crippen LogP contribution in [0.5, 0.6) is 0 Å². The zero-order chi connectivity index (χ0) is 17.1. The molecular weight excluding hydrogens is 290 g/mol. The highest BCUT2D eigenvalue weighted by atomic mass is 16.3. The number of amides is 1. The normalized spacial score (nSPS) is 23.9. The molecule has 132 valence electrons. The van der Waals surface area contributed by atoms with Gasteiger partial charge in [0.1, 0.15) is 0 Å². The van der Waals surface area contributed by atoms with Crippen LogP contribution in [0.15, 0.2) is 22.8 Å². The maximum atomic E-state index is 11.7. The van der Waals surface area contributed by atoms with Gasteiger partial charge in [0.15, 0.2) is 5.76 Å². The van der Waals surface area contributed by atoms with Crippen molar-refractivity contribution in [2.75, 3.05) is 26.2 Å². The van der Waals surface area contributed by atoms with Crippen LogP contribution in [0.3, 0.4) is 0 Å². The van der Waals surface area contributed by atoms with Crippen LogP contribution in [0, 0.1) is 0 Å². The van der Waals surface area contributed by atoms with E-state index in [2.05, 4.69) is 24.5 Å². The van der Waals surface area contributed by atoms with Gasteiger partial charge < -0.3 is 20.0 Å². The van der Waals surface area contributed by atoms with Gasteiger partial charge in [-0.25, -0.2) is 0 Å². The summed E-state index contributed by atoms with van der Waals surface area (Å²) in [6.45, 7) is 11.8. The van der Waals surface area contributed by atoms with E-state index in [0.29, 0.717) is 5.76 Å². The lowest BCUT2D eigenvalue weighted by atomic mass is 10.0. The van der Waals surface area contributed by atoms with Gasteiger partial charge in [0.25, 0.3) is 5.91 Å². The molecule has 0 bridgehead atoms. The van der Waals surface area contributed by atoms with Gasteiger partial charge in [-0.3, -0.25) is 4.79 Å². The zero-order valence-electron chi connectivity index (χ0n) is 15.1. The first-order valence-corrected chi connectivity index (χ1v) is 8.96. The number of furan rings is 1. The van der Waals surface area contributed by atoms with Crippen LogP contribution in [-0.2, 0) is 0 Å². The minimum Gasteiger partial charge on any atom is -0.459 e. The largest absolute Gasteiger partial charge is 0.459 e. The fourth-order valence-corrected chi connectivity index (χ4v) is 2.81. The van der Waals surface area contributed by atoms with E-state index in [4.69, 9.17) is 4.42 Å². The number of hydrogen-bond acceptors (Lipinski definition) is 4. The molecular formula is C18H33N3O2. The van der Waals surface area contributed by atoms with Crippen LogP contribution in [0.4, 0.5) is 0 Å². The van der Waals surface area contributed by atoms with E-state index < -0.39 is 0 Å². The van der Waals surface area contributed by atoms with E-state index in [0.717, 1.165) is 38.3 Å². The number of nitrogens with zero attached hydrogens (tertiary/aromatic N) is 1. The van der Waals surface area contributed by atoms with Gasteiger partial charge in [-0.1, -0.05) is 20.3 Å². The minimum atomic E-state index is -0.00787. The molecule has 2 atom stereocenters. The molecule has 5 nitrogen and oxygen atoms in total. The Hall–Kier alpha value is -1.33. The molecule has 2 N–H and O–H groups in total. The first-order chi connectivity index (χ1) is 11.2. The van der Waals surface area contributed by atoms with Gasteiger partial charge in [0.2, 0.25) is 0 Å². The average molecular weight is 323 g/mol. The molecule has 1 aromatic heterocycles. The van der Waals surface area contributed by atoms with Gasteiger partial charge in [0, 0.05) is 38.3 Å². The van der Waals surface area contributed by atoms with Gasteiger partial charge in [-0.05, 0) is 38.8 Å². The van der Waals surface area contributed by atoms with Crippen molar-refractivity contribution in [2.45, 2.75) is 59.0 Å². The first kappa shape index (κ1) is 19.7. The molecule has 2 aliphatic rings. The Kier molecular flexibility index (Phi) is 9.64. The fraction of sp³-hybridized carbons (Fsp3) is 0.722. The van der Waals surface area contributed by atoms with Crippen molar-refractivity contribution < 1.29 is 9.21 Å². The lowest BCUT2D eigenvalue weighted by Crippen LogP contribution is -2.46. The summed E-state index contributed by atoms with van der Waals surface area (Å²) in [5.74, 6) is 0.424. The third-order valence-corrected chi connectivity index (χ3v) is 3.98. The third-order valence-electron chi connectivity index (χ3n) is 3.98. The molecule has 2 fully saturated rings. The lowest BCUT2D eigenvalue weighted by Gasteiger charge is -2.26. The molecule has 0 aromatic carbocycles. The highest BCUT2D eigenvalue weighted by molar-refractivity contribution is 5.91. The van der Waals surface area contributed by atoms with E-state index in [9.17, 15) is 4.79 Å². The predicted molar refractivity (Wildman–Crippen MR) is 94.7 cm³/mol. The van der Waals surface area contributed by atoms with Crippen molar-refractivity contribution in [1.82, 2.24) is 15.5 Å². The summed E-state index contributed by atoms with van der Waals surface area (Å²) in [5, 5.41) is 6.67. The van der Waals surface area contributed by atoms with Crippen LogP contribution in [0.1, 0.15) is 57.5 Å². The standard InChI is InChI=1S/C9H12N2O2.C7H15N.C2H6/c12-9(8-2-1-7-13-8)11-5-3-10-4-6-11;1-6-4-3-5-7(2)8-6;1-2/h1-2,7,10H,3-6H2;6-8H,3-5H2,1-2H3;1-2H3. The van der Waals surface area contributed by atoms with E-state index in [1.165, 1.54) is 25.5 Å². The Morgan fingerprint density at radius 3 is 2.22 bits per heavy atom. The summed E-state index contributed by atoms with van der Waals surface area (Å²) in [6.07, 6.45) is 5.67. The number of nitrogens with one attached hydrogen (secondary N) is 2. The topological polar surface area (TPSA) is 57.5 Å². The van der Waals surface area contributed by atoms with Crippen molar-refractivity contribution >= 4 is 5.91 Å². The summed E-state index contributed by atoms with van der Waals surface area (Å²) >= 11 is 0. The van der Waals surface area contributed by atoms with Gasteiger partial charge in [-0.15, -0.1) is 0 Å². The molecule has 3 rings (SSSR count). The lowest BCUT2D eigenvalue weighted by molar-refractivity contribution is 0.0703. The average Bonchev–Trinajstić information content (AvgIpc) is 3.12. The predicted octanol–water partition coefficient (Wildman–Crippen LogP) is 2.89. The zero-order valence-corrected chi connectivity index (χ0v) is 15.1. The molecule has 0 radical (unpaired) electrons. The molecule has 1 aromatic rings. The Bertz CT molecular complexity index is 406. The summed E-state index contributed by atoms with van der Waals surface area (Å²) in [5.41, 5.74) is 0. The molecule has 0 spiro atoms. The third kappa shape index (κ3) is 7.18. The number of rotatable bonds is 1. The molecule has 5 heteroatoms. The Balaban J connectivity index is 0.000000228. The monoisotopic (exact) mass is 323 g/mol. The van der Waals surface area contributed by atoms with Crippen molar-refractivity contribution in [3.63, 3.8) is 0 Å². The molecule has 0 aliphatic carbocycles.